The quantitative estimate of drug-likeness (QED) is 0.291. The van der Waals surface area contributed by atoms with Gasteiger partial charge in [0.2, 0.25) is 5.91 Å². The number of rotatable bonds is 9. The molecule has 2 N–H and O–H groups in total. The van der Waals surface area contributed by atoms with Crippen LogP contribution in [0.1, 0.15) is 19.3 Å². The second-order valence-electron chi connectivity index (χ2n) is 10.1. The molecule has 2 saturated heterocycles. The van der Waals surface area contributed by atoms with Gasteiger partial charge in [0.05, 0.1) is 34.8 Å². The van der Waals surface area contributed by atoms with Crippen molar-refractivity contribution < 1.29 is 23.5 Å². The number of esters is 1. The summed E-state index contributed by atoms with van der Waals surface area (Å²) in [6, 6.07) is 7.94. The van der Waals surface area contributed by atoms with Gasteiger partial charge in [-0.1, -0.05) is 17.7 Å². The topological polar surface area (TPSA) is 106 Å². The standard InChI is InChI=1S/C28H27ClFN5O4/c29-20-10-17(5-6-21(20)30)33-27-19-11-23(25(38-13-16-3-4-16)12-22(19)31-15-32-27)34-26(36)2-1-8-35-9-7-18-24(35)14-39-28(18)37/h1-2,5-6,10-12,15-16,18,24H,3-4,7-9,13-14H2,(H,34,36)(H,31,32,33). The zero-order valence-corrected chi connectivity index (χ0v) is 21.8. The van der Waals surface area contributed by atoms with Gasteiger partial charge in [0, 0.05) is 29.8 Å². The fourth-order valence-corrected chi connectivity index (χ4v) is 5.17. The maximum absolute atomic E-state index is 13.6. The van der Waals surface area contributed by atoms with Crippen LogP contribution in [0, 0.1) is 17.7 Å². The molecule has 0 radical (unpaired) electrons. The molecule has 3 heterocycles. The molecule has 2 atom stereocenters. The Bertz CT molecular complexity index is 1460. The largest absolute Gasteiger partial charge is 0.491 e. The number of nitrogens with one attached hydrogen (secondary N) is 2. The van der Waals surface area contributed by atoms with Crippen molar-refractivity contribution in [1.82, 2.24) is 14.9 Å². The summed E-state index contributed by atoms with van der Waals surface area (Å²) in [5, 5.41) is 6.72. The van der Waals surface area contributed by atoms with Crippen molar-refractivity contribution in [2.75, 3.05) is 36.9 Å². The number of fused-ring (bicyclic) bond motifs is 2. The molecule has 0 spiro atoms. The first-order valence-corrected chi connectivity index (χ1v) is 13.3. The molecule has 2 aromatic carbocycles. The summed E-state index contributed by atoms with van der Waals surface area (Å²) in [4.78, 5) is 35.6. The second-order valence-corrected chi connectivity index (χ2v) is 10.5. The lowest BCUT2D eigenvalue weighted by atomic mass is 10.0. The molecule has 6 rings (SSSR count). The Hall–Kier alpha value is -3.76. The highest BCUT2D eigenvalue weighted by Crippen LogP contribution is 2.36. The number of nitrogens with zero attached hydrogens (tertiary/aromatic N) is 3. The van der Waals surface area contributed by atoms with E-state index in [2.05, 4.69) is 25.5 Å². The first-order chi connectivity index (χ1) is 18.9. The zero-order valence-electron chi connectivity index (χ0n) is 21.0. The summed E-state index contributed by atoms with van der Waals surface area (Å²) in [6.07, 6.45) is 7.74. The van der Waals surface area contributed by atoms with Crippen molar-refractivity contribution in [3.63, 3.8) is 0 Å². The van der Waals surface area contributed by atoms with Crippen LogP contribution in [0.2, 0.25) is 5.02 Å². The molecule has 1 amide bonds. The van der Waals surface area contributed by atoms with E-state index in [1.54, 1.807) is 24.3 Å². The summed E-state index contributed by atoms with van der Waals surface area (Å²) in [5.74, 6) is 0.503. The molecule has 0 bridgehead atoms. The number of anilines is 3. The van der Waals surface area contributed by atoms with Gasteiger partial charge >= 0.3 is 5.97 Å². The SMILES string of the molecule is O=C(C=CCN1CCC2C(=O)OCC21)Nc1cc2c(Nc3ccc(F)c(Cl)c3)ncnc2cc1OCC1CC1. The number of hydrogen-bond acceptors (Lipinski definition) is 8. The molecular weight excluding hydrogens is 525 g/mol. The molecule has 1 aliphatic carbocycles. The van der Waals surface area contributed by atoms with E-state index in [9.17, 15) is 14.0 Å². The fourth-order valence-electron chi connectivity index (χ4n) is 4.99. The number of amides is 1. The lowest BCUT2D eigenvalue weighted by Crippen LogP contribution is -2.33. The van der Waals surface area contributed by atoms with Gasteiger partial charge < -0.3 is 20.1 Å². The van der Waals surface area contributed by atoms with Crippen molar-refractivity contribution in [3.8, 4) is 5.75 Å². The number of ether oxygens (including phenoxy) is 2. The number of carbonyl (C=O) groups excluding carboxylic acids is 2. The minimum absolute atomic E-state index is 0.00892. The van der Waals surface area contributed by atoms with Crippen molar-refractivity contribution in [1.29, 1.82) is 0 Å². The summed E-state index contributed by atoms with van der Waals surface area (Å²) >= 11 is 5.94. The molecule has 3 aliphatic rings. The van der Waals surface area contributed by atoms with Crippen LogP contribution in [0.25, 0.3) is 10.9 Å². The van der Waals surface area contributed by atoms with Crippen LogP contribution in [-0.2, 0) is 14.3 Å². The average Bonchev–Trinajstić information content (AvgIpc) is 3.56. The molecule has 202 valence electrons. The number of benzene rings is 2. The van der Waals surface area contributed by atoms with E-state index >= 15 is 0 Å². The van der Waals surface area contributed by atoms with E-state index < -0.39 is 5.82 Å². The Balaban J connectivity index is 1.21. The van der Waals surface area contributed by atoms with E-state index in [4.69, 9.17) is 21.1 Å². The van der Waals surface area contributed by atoms with Crippen molar-refractivity contribution in [3.05, 3.63) is 59.7 Å². The summed E-state index contributed by atoms with van der Waals surface area (Å²) < 4.78 is 24.9. The van der Waals surface area contributed by atoms with Crippen LogP contribution in [0.4, 0.5) is 21.6 Å². The highest BCUT2D eigenvalue weighted by Gasteiger charge is 2.44. The van der Waals surface area contributed by atoms with Crippen LogP contribution >= 0.6 is 11.6 Å². The van der Waals surface area contributed by atoms with Crippen LogP contribution in [0.5, 0.6) is 5.75 Å². The number of cyclic esters (lactones) is 1. The summed E-state index contributed by atoms with van der Waals surface area (Å²) in [6.45, 7) is 2.32. The van der Waals surface area contributed by atoms with Crippen molar-refractivity contribution >= 4 is 51.6 Å². The molecule has 3 aromatic rings. The highest BCUT2D eigenvalue weighted by molar-refractivity contribution is 6.31. The van der Waals surface area contributed by atoms with Gasteiger partial charge in [-0.2, -0.15) is 0 Å². The smallest absolute Gasteiger partial charge is 0.310 e. The van der Waals surface area contributed by atoms with Gasteiger partial charge in [0.1, 0.15) is 30.3 Å². The van der Waals surface area contributed by atoms with Crippen LogP contribution in [-0.4, -0.2) is 59.1 Å². The third kappa shape index (κ3) is 5.67. The zero-order chi connectivity index (χ0) is 26.9. The van der Waals surface area contributed by atoms with Gasteiger partial charge in [-0.25, -0.2) is 14.4 Å². The Morgan fingerprint density at radius 2 is 2.10 bits per heavy atom. The highest BCUT2D eigenvalue weighted by atomic mass is 35.5. The number of aromatic nitrogens is 2. The first kappa shape index (κ1) is 25.5. The van der Waals surface area contributed by atoms with E-state index in [1.807, 2.05) is 0 Å². The summed E-state index contributed by atoms with van der Waals surface area (Å²) in [7, 11) is 0. The predicted octanol–water partition coefficient (Wildman–Crippen LogP) is 4.70. The lowest BCUT2D eigenvalue weighted by Gasteiger charge is -2.19. The molecule has 3 fully saturated rings. The average molecular weight is 552 g/mol. The summed E-state index contributed by atoms with van der Waals surface area (Å²) in [5.41, 5.74) is 1.67. The molecule has 2 aliphatic heterocycles. The minimum Gasteiger partial charge on any atom is -0.491 e. The number of carbonyl (C=O) groups is 2. The van der Waals surface area contributed by atoms with E-state index in [-0.39, 0.29) is 28.9 Å². The number of halogens is 2. The molecule has 1 aromatic heterocycles. The Kier molecular flexibility index (Phi) is 7.05. The van der Waals surface area contributed by atoms with Gasteiger partial charge in [-0.05, 0) is 56.0 Å². The molecule has 2 unspecified atom stereocenters. The predicted molar refractivity (Wildman–Crippen MR) is 145 cm³/mol. The molecule has 9 nitrogen and oxygen atoms in total. The van der Waals surface area contributed by atoms with Gasteiger partial charge in [-0.15, -0.1) is 0 Å². The van der Waals surface area contributed by atoms with Crippen LogP contribution in [0.3, 0.4) is 0 Å². The Morgan fingerprint density at radius 3 is 2.92 bits per heavy atom. The maximum atomic E-state index is 13.6. The van der Waals surface area contributed by atoms with E-state index in [1.165, 1.54) is 24.5 Å². The Labute approximate surface area is 229 Å². The second kappa shape index (κ2) is 10.8. The minimum atomic E-state index is -0.514. The first-order valence-electron chi connectivity index (χ1n) is 13.0. The molecule has 39 heavy (non-hydrogen) atoms. The molecule has 1 saturated carbocycles. The number of hydrogen-bond donors (Lipinski definition) is 2. The molecular formula is C28H27ClFN5O4. The monoisotopic (exact) mass is 551 g/mol. The normalized spacial score (nSPS) is 20.8. The van der Waals surface area contributed by atoms with Crippen LogP contribution < -0.4 is 15.4 Å². The van der Waals surface area contributed by atoms with Gasteiger partial charge in [-0.3, -0.25) is 14.5 Å². The maximum Gasteiger partial charge on any atom is 0.310 e. The third-order valence-corrected chi connectivity index (χ3v) is 7.61. The Morgan fingerprint density at radius 1 is 1.23 bits per heavy atom. The van der Waals surface area contributed by atoms with Crippen molar-refractivity contribution in [2.24, 2.45) is 11.8 Å². The fraction of sp³-hybridized carbons (Fsp3) is 0.357. The lowest BCUT2D eigenvalue weighted by molar-refractivity contribution is -0.141. The third-order valence-electron chi connectivity index (χ3n) is 7.32. The van der Waals surface area contributed by atoms with Gasteiger partial charge in [0.15, 0.2) is 0 Å². The van der Waals surface area contributed by atoms with Crippen molar-refractivity contribution in [2.45, 2.75) is 25.3 Å². The van der Waals surface area contributed by atoms with E-state index in [0.717, 1.165) is 25.8 Å². The van der Waals surface area contributed by atoms with E-state index in [0.29, 0.717) is 59.5 Å². The van der Waals surface area contributed by atoms with Gasteiger partial charge in [0.25, 0.3) is 0 Å². The molecule has 11 heteroatoms. The number of likely N-dealkylation sites (tertiary alicyclic amines) is 1. The van der Waals surface area contributed by atoms with Crippen LogP contribution in [0.15, 0.2) is 48.8 Å².